The summed E-state index contributed by atoms with van der Waals surface area (Å²) in [6, 6.07) is 6.13. The van der Waals surface area contributed by atoms with Crippen LogP contribution < -0.4 is 4.74 Å². The number of ether oxygens (including phenoxy) is 2. The van der Waals surface area contributed by atoms with E-state index in [4.69, 9.17) is 9.47 Å². The van der Waals surface area contributed by atoms with Crippen molar-refractivity contribution in [3.63, 3.8) is 0 Å². The van der Waals surface area contributed by atoms with Crippen LogP contribution >= 0.6 is 0 Å². The molecule has 0 aliphatic carbocycles. The molecule has 6 nitrogen and oxygen atoms in total. The lowest BCUT2D eigenvalue weighted by atomic mass is 9.88. The molecule has 21 heavy (non-hydrogen) atoms. The van der Waals surface area contributed by atoms with E-state index in [2.05, 4.69) is 0 Å². The molecule has 1 aromatic rings. The summed E-state index contributed by atoms with van der Waals surface area (Å²) >= 11 is 0. The van der Waals surface area contributed by atoms with Crippen molar-refractivity contribution in [2.75, 3.05) is 13.7 Å². The summed E-state index contributed by atoms with van der Waals surface area (Å²) in [6.45, 7) is 3.16. The van der Waals surface area contributed by atoms with Crippen molar-refractivity contribution in [3.8, 4) is 5.75 Å². The summed E-state index contributed by atoms with van der Waals surface area (Å²) in [5.41, 5.74) is 0.618. The van der Waals surface area contributed by atoms with E-state index in [1.54, 1.807) is 31.2 Å². The summed E-state index contributed by atoms with van der Waals surface area (Å²) < 4.78 is 10.1. The van der Waals surface area contributed by atoms with Gasteiger partial charge in [-0.3, -0.25) is 9.59 Å². The molecular formula is C15H17NO5. The molecule has 1 aliphatic rings. The van der Waals surface area contributed by atoms with Crippen LogP contribution in [-0.4, -0.2) is 36.4 Å². The molecule has 2 atom stereocenters. The third-order valence-electron chi connectivity index (χ3n) is 3.43. The number of fused-ring (bicyclic) bond motifs is 1. The van der Waals surface area contributed by atoms with Gasteiger partial charge in [-0.15, -0.1) is 0 Å². The Balaban J connectivity index is 2.50. The van der Waals surface area contributed by atoms with E-state index in [1.165, 1.54) is 18.9 Å². The van der Waals surface area contributed by atoms with Crippen LogP contribution in [0.1, 0.15) is 25.5 Å². The van der Waals surface area contributed by atoms with Crippen LogP contribution in [0.4, 0.5) is 4.79 Å². The van der Waals surface area contributed by atoms with Crippen LogP contribution in [0.25, 0.3) is 0 Å². The fourth-order valence-corrected chi connectivity index (χ4v) is 2.46. The fourth-order valence-electron chi connectivity index (χ4n) is 2.46. The summed E-state index contributed by atoms with van der Waals surface area (Å²) in [5, 5.41) is 0. The van der Waals surface area contributed by atoms with Gasteiger partial charge < -0.3 is 14.4 Å². The van der Waals surface area contributed by atoms with Gasteiger partial charge >= 0.3 is 12.1 Å². The number of esters is 1. The second-order valence-corrected chi connectivity index (χ2v) is 4.80. The molecule has 1 heterocycles. The van der Waals surface area contributed by atoms with Crippen molar-refractivity contribution in [1.29, 1.82) is 0 Å². The minimum absolute atomic E-state index is 0.172. The average Bonchev–Trinajstić information content (AvgIpc) is 2.43. The number of hydrogen-bond acceptors (Lipinski definition) is 5. The van der Waals surface area contributed by atoms with E-state index in [-0.39, 0.29) is 12.4 Å². The summed E-state index contributed by atoms with van der Waals surface area (Å²) in [6.07, 6.45) is -0.603. The predicted molar refractivity (Wildman–Crippen MR) is 73.8 cm³/mol. The molecule has 1 aromatic carbocycles. The van der Waals surface area contributed by atoms with Gasteiger partial charge in [0.25, 0.3) is 0 Å². The molecule has 0 saturated heterocycles. The molecule has 112 valence electrons. The first kappa shape index (κ1) is 15.0. The molecule has 0 radical (unpaired) electrons. The molecule has 2 rings (SSSR count). The van der Waals surface area contributed by atoms with E-state index < -0.39 is 24.0 Å². The number of benzene rings is 1. The molecule has 0 aromatic heterocycles. The average molecular weight is 291 g/mol. The van der Waals surface area contributed by atoms with Gasteiger partial charge in [-0.25, -0.2) is 4.79 Å². The van der Waals surface area contributed by atoms with Gasteiger partial charge in [-0.1, -0.05) is 18.2 Å². The zero-order chi connectivity index (χ0) is 15.6. The minimum Gasteiger partial charge on any atom is -0.465 e. The Kier molecular flexibility index (Phi) is 4.26. The highest BCUT2D eigenvalue weighted by molar-refractivity contribution is 5.99. The van der Waals surface area contributed by atoms with Gasteiger partial charge in [-0.2, -0.15) is 0 Å². The van der Waals surface area contributed by atoms with E-state index in [1.807, 2.05) is 0 Å². The number of amides is 1. The maximum atomic E-state index is 12.1. The monoisotopic (exact) mass is 291 g/mol. The summed E-state index contributed by atoms with van der Waals surface area (Å²) in [5.74, 6) is -1.69. The second-order valence-electron chi connectivity index (χ2n) is 4.80. The van der Waals surface area contributed by atoms with Crippen LogP contribution in [0.5, 0.6) is 5.75 Å². The Morgan fingerprint density at radius 1 is 1.38 bits per heavy atom. The summed E-state index contributed by atoms with van der Waals surface area (Å²) in [4.78, 5) is 37.2. The van der Waals surface area contributed by atoms with Gasteiger partial charge in [0, 0.05) is 12.6 Å². The highest BCUT2D eigenvalue weighted by Crippen LogP contribution is 2.39. The number of hydrogen-bond donors (Lipinski definition) is 0. The van der Waals surface area contributed by atoms with Crippen LogP contribution in [-0.2, 0) is 14.3 Å². The lowest BCUT2D eigenvalue weighted by Crippen LogP contribution is -2.45. The Bertz CT molecular complexity index is 583. The molecular weight excluding hydrogens is 274 g/mol. The van der Waals surface area contributed by atoms with Crippen LogP contribution in [0.3, 0.4) is 0 Å². The van der Waals surface area contributed by atoms with E-state index in [0.717, 1.165) is 0 Å². The summed E-state index contributed by atoms with van der Waals surface area (Å²) in [7, 11) is 1.50. The smallest absolute Gasteiger partial charge is 0.415 e. The third kappa shape index (κ3) is 2.74. The van der Waals surface area contributed by atoms with Crippen LogP contribution in [0.2, 0.25) is 0 Å². The molecule has 2 unspecified atom stereocenters. The van der Waals surface area contributed by atoms with Gasteiger partial charge in [-0.05, 0) is 19.9 Å². The largest absolute Gasteiger partial charge is 0.465 e. The zero-order valence-electron chi connectivity index (χ0n) is 12.2. The number of carbonyl (C=O) groups is 3. The van der Waals surface area contributed by atoms with Gasteiger partial charge in [0.1, 0.15) is 17.5 Å². The first-order valence-electron chi connectivity index (χ1n) is 6.68. The van der Waals surface area contributed by atoms with E-state index >= 15 is 0 Å². The molecule has 0 saturated carbocycles. The van der Waals surface area contributed by atoms with Crippen molar-refractivity contribution in [1.82, 2.24) is 4.90 Å². The third-order valence-corrected chi connectivity index (χ3v) is 3.43. The van der Waals surface area contributed by atoms with Crippen LogP contribution in [0.15, 0.2) is 24.3 Å². The standard InChI is InChI=1S/C15H17NO5/c1-4-20-14(18)12(9(2)17)13-10-7-5-6-8-11(10)21-15(19)16(13)3/h5-8,12-13H,4H2,1-3H3. The number of para-hydroxylation sites is 1. The molecule has 6 heteroatoms. The lowest BCUT2D eigenvalue weighted by Gasteiger charge is -2.36. The van der Waals surface area contributed by atoms with Crippen molar-refractivity contribution >= 4 is 17.8 Å². The van der Waals surface area contributed by atoms with Gasteiger partial charge in [0.05, 0.1) is 12.6 Å². The number of rotatable bonds is 4. The highest BCUT2D eigenvalue weighted by Gasteiger charge is 2.43. The molecule has 1 amide bonds. The van der Waals surface area contributed by atoms with E-state index in [0.29, 0.717) is 11.3 Å². The van der Waals surface area contributed by atoms with E-state index in [9.17, 15) is 14.4 Å². The first-order chi connectivity index (χ1) is 9.97. The normalized spacial score (nSPS) is 18.5. The number of nitrogens with zero attached hydrogens (tertiary/aromatic N) is 1. The molecule has 0 bridgehead atoms. The van der Waals surface area contributed by atoms with Crippen molar-refractivity contribution in [2.45, 2.75) is 19.9 Å². The number of ketones is 1. The lowest BCUT2D eigenvalue weighted by molar-refractivity contribution is -0.153. The van der Waals surface area contributed by atoms with Gasteiger partial charge in [0.15, 0.2) is 0 Å². The van der Waals surface area contributed by atoms with Crippen molar-refractivity contribution in [2.24, 2.45) is 5.92 Å². The second kappa shape index (κ2) is 5.95. The molecule has 0 N–H and O–H groups in total. The maximum Gasteiger partial charge on any atom is 0.415 e. The Morgan fingerprint density at radius 3 is 2.67 bits per heavy atom. The topological polar surface area (TPSA) is 72.9 Å². The molecule has 1 aliphatic heterocycles. The Hall–Kier alpha value is -2.37. The Morgan fingerprint density at radius 2 is 2.05 bits per heavy atom. The van der Waals surface area contributed by atoms with Crippen molar-refractivity contribution in [3.05, 3.63) is 29.8 Å². The first-order valence-corrected chi connectivity index (χ1v) is 6.68. The molecule has 0 fully saturated rings. The minimum atomic E-state index is -1.07. The molecule has 0 spiro atoms. The highest BCUT2D eigenvalue weighted by atomic mass is 16.6. The van der Waals surface area contributed by atoms with Gasteiger partial charge in [0.2, 0.25) is 0 Å². The zero-order valence-corrected chi connectivity index (χ0v) is 12.2. The van der Waals surface area contributed by atoms with Crippen molar-refractivity contribution < 1.29 is 23.9 Å². The number of Topliss-reactive ketones (excluding diaryl/α,β-unsaturated/α-hetero) is 1. The maximum absolute atomic E-state index is 12.1. The van der Waals surface area contributed by atoms with Crippen LogP contribution in [0, 0.1) is 5.92 Å². The fraction of sp³-hybridized carbons (Fsp3) is 0.400. The SMILES string of the molecule is CCOC(=O)C(C(C)=O)C1c2ccccc2OC(=O)N1C. The quantitative estimate of drug-likeness (QED) is 0.626. The predicted octanol–water partition coefficient (Wildman–Crippen LogP) is 1.94. The Labute approximate surface area is 122 Å². The number of carbonyl (C=O) groups excluding carboxylic acids is 3.